The molecule has 32 heavy (non-hydrogen) atoms. The summed E-state index contributed by atoms with van der Waals surface area (Å²) in [5.74, 6) is 1.81. The Bertz CT molecular complexity index is 783. The molecule has 8 heteroatoms. The van der Waals surface area contributed by atoms with E-state index in [4.69, 9.17) is 0 Å². The van der Waals surface area contributed by atoms with Crippen molar-refractivity contribution in [3.05, 3.63) is 29.8 Å². The standard InChI is InChI=1S/C24H38N4O2S.HI/c1-3-31(30)22-14-8-13-21(16-22)28-24(25-2)26-17-18-9-7-12-20(15-18)27-23(29)19-10-5-4-6-11-19;/h7,9,12,15,19,21-22H,3-6,8,10-11,13-14,16-17H2,1-2H3,(H,27,29)(H2,25,26,28);1H. The van der Waals surface area contributed by atoms with Crippen molar-refractivity contribution in [1.82, 2.24) is 10.6 Å². The number of carbonyl (C=O) groups excluding carboxylic acids is 1. The highest BCUT2D eigenvalue weighted by Crippen LogP contribution is 2.25. The first-order valence-corrected chi connectivity index (χ1v) is 13.2. The highest BCUT2D eigenvalue weighted by molar-refractivity contribution is 14.0. The number of nitrogens with one attached hydrogen (secondary N) is 3. The van der Waals surface area contributed by atoms with E-state index in [-0.39, 0.29) is 35.8 Å². The van der Waals surface area contributed by atoms with Gasteiger partial charge in [-0.1, -0.05) is 44.7 Å². The smallest absolute Gasteiger partial charge is 0.227 e. The number of halogens is 1. The SMILES string of the molecule is CCS(=O)C1CCCC(NC(=NC)NCc2cccc(NC(=O)C3CCCCC3)c2)C1.I. The van der Waals surface area contributed by atoms with Gasteiger partial charge in [-0.2, -0.15) is 0 Å². The van der Waals surface area contributed by atoms with E-state index in [0.29, 0.717) is 17.8 Å². The lowest BCUT2D eigenvalue weighted by Gasteiger charge is -2.30. The van der Waals surface area contributed by atoms with Crippen molar-refractivity contribution in [2.24, 2.45) is 10.9 Å². The topological polar surface area (TPSA) is 82.6 Å². The lowest BCUT2D eigenvalue weighted by Crippen LogP contribution is -2.46. The quantitative estimate of drug-likeness (QED) is 0.253. The summed E-state index contributed by atoms with van der Waals surface area (Å²) in [5.41, 5.74) is 1.95. The van der Waals surface area contributed by atoms with Crippen molar-refractivity contribution >= 4 is 52.3 Å². The first kappa shape index (κ1) is 27.1. The minimum Gasteiger partial charge on any atom is -0.354 e. The average molecular weight is 575 g/mol. The van der Waals surface area contributed by atoms with Crippen LogP contribution < -0.4 is 16.0 Å². The Balaban J connectivity index is 0.00000363. The summed E-state index contributed by atoms with van der Waals surface area (Å²) in [6, 6.07) is 8.32. The molecule has 3 atom stereocenters. The van der Waals surface area contributed by atoms with Gasteiger partial charge < -0.3 is 16.0 Å². The second-order valence-corrected chi connectivity index (χ2v) is 10.8. The van der Waals surface area contributed by atoms with Crippen LogP contribution in [0.1, 0.15) is 70.3 Å². The van der Waals surface area contributed by atoms with E-state index < -0.39 is 10.8 Å². The minimum atomic E-state index is -0.729. The van der Waals surface area contributed by atoms with Gasteiger partial charge in [0, 0.05) is 53.0 Å². The van der Waals surface area contributed by atoms with Crippen molar-refractivity contribution in [2.45, 2.75) is 82.5 Å². The van der Waals surface area contributed by atoms with Gasteiger partial charge in [-0.25, -0.2) is 0 Å². The molecule has 0 radical (unpaired) electrons. The number of hydrogen-bond acceptors (Lipinski definition) is 3. The van der Waals surface area contributed by atoms with Crippen LogP contribution in [-0.4, -0.2) is 40.2 Å². The number of carbonyl (C=O) groups is 1. The van der Waals surface area contributed by atoms with Crippen LogP contribution in [-0.2, 0) is 22.1 Å². The fourth-order valence-electron chi connectivity index (χ4n) is 4.69. The van der Waals surface area contributed by atoms with Crippen molar-refractivity contribution in [3.8, 4) is 0 Å². The Morgan fingerprint density at radius 2 is 1.91 bits per heavy atom. The molecule has 3 unspecified atom stereocenters. The predicted octanol–water partition coefficient (Wildman–Crippen LogP) is 4.57. The Labute approximate surface area is 212 Å². The zero-order valence-corrected chi connectivity index (χ0v) is 22.5. The number of nitrogens with zero attached hydrogens (tertiary/aromatic N) is 1. The van der Waals surface area contributed by atoms with Gasteiger partial charge in [0.1, 0.15) is 0 Å². The third-order valence-corrected chi connectivity index (χ3v) is 8.22. The molecule has 0 aromatic heterocycles. The molecule has 3 N–H and O–H groups in total. The van der Waals surface area contributed by atoms with Crippen molar-refractivity contribution in [2.75, 3.05) is 18.1 Å². The highest BCUT2D eigenvalue weighted by Gasteiger charge is 2.26. The Morgan fingerprint density at radius 3 is 2.62 bits per heavy atom. The van der Waals surface area contributed by atoms with Crippen molar-refractivity contribution in [3.63, 3.8) is 0 Å². The van der Waals surface area contributed by atoms with E-state index in [0.717, 1.165) is 74.3 Å². The number of guanidine groups is 1. The van der Waals surface area contributed by atoms with Crippen molar-refractivity contribution in [1.29, 1.82) is 0 Å². The third kappa shape index (κ3) is 8.32. The van der Waals surface area contributed by atoms with E-state index in [1.165, 1.54) is 6.42 Å². The van der Waals surface area contributed by atoms with Gasteiger partial charge >= 0.3 is 0 Å². The Hall–Kier alpha value is -1.16. The molecule has 2 aliphatic rings. The molecule has 2 saturated carbocycles. The summed E-state index contributed by atoms with van der Waals surface area (Å²) in [6.45, 7) is 2.63. The van der Waals surface area contributed by atoms with Crippen LogP contribution in [0.3, 0.4) is 0 Å². The number of benzene rings is 1. The third-order valence-electron chi connectivity index (χ3n) is 6.48. The zero-order chi connectivity index (χ0) is 22.1. The molecule has 1 aromatic rings. The van der Waals surface area contributed by atoms with Gasteiger partial charge in [0.15, 0.2) is 5.96 Å². The van der Waals surface area contributed by atoms with Crippen LogP contribution in [0.15, 0.2) is 29.3 Å². The molecule has 6 nitrogen and oxygen atoms in total. The summed E-state index contributed by atoms with van der Waals surface area (Å²) in [5, 5.41) is 10.3. The van der Waals surface area contributed by atoms with Gasteiger partial charge in [0.2, 0.25) is 5.91 Å². The average Bonchev–Trinajstić information content (AvgIpc) is 2.82. The maximum atomic E-state index is 12.5. The van der Waals surface area contributed by atoms with Crippen LogP contribution in [0.25, 0.3) is 0 Å². The van der Waals surface area contributed by atoms with Gasteiger partial charge in [0.05, 0.1) is 0 Å². The van der Waals surface area contributed by atoms with E-state index in [1.807, 2.05) is 25.1 Å². The van der Waals surface area contributed by atoms with Gasteiger partial charge in [0.25, 0.3) is 0 Å². The molecule has 2 fully saturated rings. The second kappa shape index (κ2) is 14.2. The fourth-order valence-corrected chi connectivity index (χ4v) is 6.04. The molecular weight excluding hydrogens is 535 g/mol. The van der Waals surface area contributed by atoms with Crippen LogP contribution in [0.2, 0.25) is 0 Å². The molecule has 0 bridgehead atoms. The summed E-state index contributed by atoms with van der Waals surface area (Å²) >= 11 is 0. The molecule has 3 rings (SSSR count). The normalized spacial score (nSPS) is 23.0. The van der Waals surface area contributed by atoms with Gasteiger partial charge in [-0.15, -0.1) is 24.0 Å². The van der Waals surface area contributed by atoms with Crippen LogP contribution in [0, 0.1) is 5.92 Å². The van der Waals surface area contributed by atoms with E-state index in [1.54, 1.807) is 7.05 Å². The summed E-state index contributed by atoms with van der Waals surface area (Å²) in [6.07, 6.45) is 9.75. The van der Waals surface area contributed by atoms with Gasteiger partial charge in [-0.05, 0) is 49.8 Å². The Kier molecular flexibility index (Phi) is 12.0. The van der Waals surface area contributed by atoms with E-state index in [9.17, 15) is 9.00 Å². The summed E-state index contributed by atoms with van der Waals surface area (Å²) < 4.78 is 12.2. The zero-order valence-electron chi connectivity index (χ0n) is 19.4. The molecule has 0 aliphatic heterocycles. The van der Waals surface area contributed by atoms with E-state index in [2.05, 4.69) is 27.0 Å². The summed E-state index contributed by atoms with van der Waals surface area (Å²) in [4.78, 5) is 16.9. The number of aliphatic imine (C=N–C) groups is 1. The summed E-state index contributed by atoms with van der Waals surface area (Å²) in [7, 11) is 1.05. The van der Waals surface area contributed by atoms with Gasteiger partial charge in [-0.3, -0.25) is 14.0 Å². The maximum absolute atomic E-state index is 12.5. The number of rotatable bonds is 7. The lowest BCUT2D eigenvalue weighted by atomic mass is 9.88. The molecule has 0 saturated heterocycles. The monoisotopic (exact) mass is 574 g/mol. The van der Waals surface area contributed by atoms with Crippen LogP contribution >= 0.6 is 24.0 Å². The van der Waals surface area contributed by atoms with E-state index >= 15 is 0 Å². The molecule has 0 spiro atoms. The predicted molar refractivity (Wildman–Crippen MR) is 145 cm³/mol. The molecule has 1 amide bonds. The lowest BCUT2D eigenvalue weighted by molar-refractivity contribution is -0.120. The molecule has 180 valence electrons. The number of amides is 1. The molecule has 0 heterocycles. The molecular formula is C24H39IN4O2S. The largest absolute Gasteiger partial charge is 0.354 e. The maximum Gasteiger partial charge on any atom is 0.227 e. The molecule has 2 aliphatic carbocycles. The van der Waals surface area contributed by atoms with Crippen molar-refractivity contribution < 1.29 is 9.00 Å². The number of hydrogen-bond donors (Lipinski definition) is 3. The highest BCUT2D eigenvalue weighted by atomic mass is 127. The second-order valence-electron chi connectivity index (χ2n) is 8.75. The first-order valence-electron chi connectivity index (χ1n) is 11.8. The van der Waals surface area contributed by atoms with Crippen LogP contribution in [0.4, 0.5) is 5.69 Å². The fraction of sp³-hybridized carbons (Fsp3) is 0.667. The minimum absolute atomic E-state index is 0. The first-order chi connectivity index (χ1) is 15.1. The number of anilines is 1. The van der Waals surface area contributed by atoms with Crippen LogP contribution in [0.5, 0.6) is 0 Å². The Morgan fingerprint density at radius 1 is 1.12 bits per heavy atom. The molecule has 1 aromatic carbocycles.